The van der Waals surface area contributed by atoms with Gasteiger partial charge in [-0.05, 0) is 51.4 Å². The Kier molecular flexibility index (Phi) is 4.78. The minimum Gasteiger partial charge on any atom is -0.379 e. The maximum atomic E-state index is 5.62. The van der Waals surface area contributed by atoms with Crippen LogP contribution >= 0.6 is 0 Å². The molecule has 3 heteroatoms. The highest BCUT2D eigenvalue weighted by atomic mass is 16.5. The van der Waals surface area contributed by atoms with Gasteiger partial charge in [-0.2, -0.15) is 0 Å². The van der Waals surface area contributed by atoms with Crippen LogP contribution in [-0.2, 0) is 4.74 Å². The van der Waals surface area contributed by atoms with Crippen LogP contribution in [0.5, 0.6) is 0 Å². The molecule has 124 valence electrons. The van der Waals surface area contributed by atoms with E-state index in [9.17, 15) is 0 Å². The first-order valence-corrected chi connectivity index (χ1v) is 8.62. The lowest BCUT2D eigenvalue weighted by molar-refractivity contribution is -0.0224. The first kappa shape index (κ1) is 17.2. The van der Waals surface area contributed by atoms with E-state index in [1.165, 1.54) is 19.4 Å². The van der Waals surface area contributed by atoms with Crippen LogP contribution < -0.4 is 5.32 Å². The maximum Gasteiger partial charge on any atom is 0.0634 e. The zero-order valence-electron chi connectivity index (χ0n) is 15.3. The molecular formula is C18H36N2O. The summed E-state index contributed by atoms with van der Waals surface area (Å²) in [5.74, 6) is 0.886. The standard InChI is InChI=1S/C18H36N2O/c1-16(2,3)15-12-19-18(6,14-8-9-14)13-20(15)11-10-17(4,5)21-7/h14-15,19H,8-13H2,1-7H3. The lowest BCUT2D eigenvalue weighted by atomic mass is 9.80. The number of hydrogen-bond donors (Lipinski definition) is 1. The first-order valence-electron chi connectivity index (χ1n) is 8.62. The van der Waals surface area contributed by atoms with Crippen LogP contribution in [0, 0.1) is 11.3 Å². The summed E-state index contributed by atoms with van der Waals surface area (Å²) in [6, 6.07) is 0.608. The molecule has 1 saturated carbocycles. The van der Waals surface area contributed by atoms with Gasteiger partial charge in [-0.25, -0.2) is 0 Å². The fourth-order valence-electron chi connectivity index (χ4n) is 3.64. The van der Waals surface area contributed by atoms with Crippen molar-refractivity contribution in [2.75, 3.05) is 26.7 Å². The van der Waals surface area contributed by atoms with E-state index in [-0.39, 0.29) is 5.60 Å². The Labute approximate surface area is 131 Å². The minimum atomic E-state index is -0.0245. The number of methoxy groups -OCH3 is 1. The second kappa shape index (κ2) is 5.82. The normalized spacial score (nSPS) is 32.4. The van der Waals surface area contributed by atoms with Gasteiger partial charge in [0.2, 0.25) is 0 Å². The Morgan fingerprint density at radius 3 is 2.29 bits per heavy atom. The van der Waals surface area contributed by atoms with Gasteiger partial charge in [-0.3, -0.25) is 4.90 Å². The molecule has 2 aliphatic rings. The summed E-state index contributed by atoms with van der Waals surface area (Å²) in [4.78, 5) is 2.73. The summed E-state index contributed by atoms with van der Waals surface area (Å²) < 4.78 is 5.62. The van der Waals surface area contributed by atoms with Gasteiger partial charge in [0.25, 0.3) is 0 Å². The molecule has 0 aromatic heterocycles. The summed E-state index contributed by atoms with van der Waals surface area (Å²) >= 11 is 0. The molecule has 1 aliphatic heterocycles. The Morgan fingerprint density at radius 1 is 1.19 bits per heavy atom. The molecule has 2 atom stereocenters. The Bertz CT molecular complexity index is 357. The van der Waals surface area contributed by atoms with Crippen molar-refractivity contribution in [1.82, 2.24) is 10.2 Å². The third-order valence-electron chi connectivity index (χ3n) is 5.70. The third kappa shape index (κ3) is 4.20. The van der Waals surface area contributed by atoms with Gasteiger partial charge in [0, 0.05) is 38.3 Å². The number of piperazine rings is 1. The van der Waals surface area contributed by atoms with E-state index in [0.29, 0.717) is 17.0 Å². The Balaban J connectivity index is 2.06. The van der Waals surface area contributed by atoms with E-state index < -0.39 is 0 Å². The van der Waals surface area contributed by atoms with Crippen LogP contribution in [0.3, 0.4) is 0 Å². The van der Waals surface area contributed by atoms with Crippen LogP contribution in [0.2, 0.25) is 0 Å². The van der Waals surface area contributed by atoms with Crippen LogP contribution in [-0.4, -0.2) is 48.8 Å². The SMILES string of the molecule is COC(C)(C)CCN1CC(C)(C2CC2)NCC1C(C)(C)C. The van der Waals surface area contributed by atoms with Crippen molar-refractivity contribution in [2.24, 2.45) is 11.3 Å². The van der Waals surface area contributed by atoms with Gasteiger partial charge < -0.3 is 10.1 Å². The van der Waals surface area contributed by atoms with Crippen molar-refractivity contribution in [2.45, 2.75) is 78.0 Å². The summed E-state index contributed by atoms with van der Waals surface area (Å²) in [5.41, 5.74) is 0.608. The average Bonchev–Trinajstić information content (AvgIpc) is 3.20. The molecule has 0 aromatic rings. The lowest BCUT2D eigenvalue weighted by Crippen LogP contribution is -2.67. The van der Waals surface area contributed by atoms with Crippen molar-refractivity contribution < 1.29 is 4.74 Å². The second-order valence-electron chi connectivity index (χ2n) is 9.14. The van der Waals surface area contributed by atoms with Crippen molar-refractivity contribution >= 4 is 0 Å². The molecule has 2 fully saturated rings. The molecular weight excluding hydrogens is 260 g/mol. The molecule has 2 unspecified atom stereocenters. The molecule has 1 aliphatic carbocycles. The van der Waals surface area contributed by atoms with Crippen molar-refractivity contribution in [3.8, 4) is 0 Å². The molecule has 0 radical (unpaired) electrons. The zero-order valence-corrected chi connectivity index (χ0v) is 15.3. The van der Waals surface area contributed by atoms with Crippen LogP contribution in [0.1, 0.15) is 60.8 Å². The summed E-state index contributed by atoms with van der Waals surface area (Å²) in [6.45, 7) is 17.4. The number of nitrogens with zero attached hydrogens (tertiary/aromatic N) is 1. The Morgan fingerprint density at radius 2 is 1.81 bits per heavy atom. The molecule has 1 heterocycles. The lowest BCUT2D eigenvalue weighted by Gasteiger charge is -2.51. The van der Waals surface area contributed by atoms with Gasteiger partial charge in [0.05, 0.1) is 5.60 Å². The van der Waals surface area contributed by atoms with Crippen molar-refractivity contribution in [3.63, 3.8) is 0 Å². The largest absolute Gasteiger partial charge is 0.379 e. The van der Waals surface area contributed by atoms with Crippen LogP contribution in [0.4, 0.5) is 0 Å². The number of rotatable bonds is 5. The molecule has 0 aromatic carbocycles. The Hall–Kier alpha value is -0.120. The van der Waals surface area contributed by atoms with E-state index in [1.807, 2.05) is 7.11 Å². The van der Waals surface area contributed by atoms with Gasteiger partial charge in [-0.15, -0.1) is 0 Å². The molecule has 1 saturated heterocycles. The number of hydrogen-bond acceptors (Lipinski definition) is 3. The van der Waals surface area contributed by atoms with Gasteiger partial charge in [0.15, 0.2) is 0 Å². The number of ether oxygens (including phenoxy) is 1. The summed E-state index contributed by atoms with van der Waals surface area (Å²) in [5, 5.41) is 3.88. The minimum absolute atomic E-state index is 0.0245. The third-order valence-corrected chi connectivity index (χ3v) is 5.70. The average molecular weight is 296 g/mol. The van der Waals surface area contributed by atoms with Crippen molar-refractivity contribution in [1.29, 1.82) is 0 Å². The monoisotopic (exact) mass is 296 g/mol. The van der Waals surface area contributed by atoms with Crippen LogP contribution in [0.25, 0.3) is 0 Å². The fourth-order valence-corrected chi connectivity index (χ4v) is 3.64. The zero-order chi connectivity index (χ0) is 15.9. The highest BCUT2D eigenvalue weighted by Crippen LogP contribution is 2.42. The van der Waals surface area contributed by atoms with Gasteiger partial charge in [-0.1, -0.05) is 20.8 Å². The maximum absolute atomic E-state index is 5.62. The highest BCUT2D eigenvalue weighted by molar-refractivity contribution is 5.05. The first-order chi connectivity index (χ1) is 9.57. The number of nitrogens with one attached hydrogen (secondary N) is 1. The molecule has 0 spiro atoms. The highest BCUT2D eigenvalue weighted by Gasteiger charge is 2.47. The van der Waals surface area contributed by atoms with Gasteiger partial charge in [0.1, 0.15) is 0 Å². The molecule has 1 N–H and O–H groups in total. The van der Waals surface area contributed by atoms with Gasteiger partial charge >= 0.3 is 0 Å². The molecule has 21 heavy (non-hydrogen) atoms. The second-order valence-corrected chi connectivity index (χ2v) is 9.14. The predicted octanol–water partition coefficient (Wildman–Crippen LogP) is 3.29. The smallest absolute Gasteiger partial charge is 0.0634 e. The van der Waals surface area contributed by atoms with E-state index in [0.717, 1.165) is 25.4 Å². The molecule has 2 rings (SSSR count). The summed E-state index contributed by atoms with van der Waals surface area (Å²) in [6.07, 6.45) is 3.90. The molecule has 3 nitrogen and oxygen atoms in total. The quantitative estimate of drug-likeness (QED) is 0.842. The molecule has 0 amide bonds. The van der Waals surface area contributed by atoms with Crippen LogP contribution in [0.15, 0.2) is 0 Å². The summed E-state index contributed by atoms with van der Waals surface area (Å²) in [7, 11) is 1.83. The van der Waals surface area contributed by atoms with E-state index >= 15 is 0 Å². The molecule has 0 bridgehead atoms. The topological polar surface area (TPSA) is 24.5 Å². The van der Waals surface area contributed by atoms with E-state index in [4.69, 9.17) is 4.74 Å². The predicted molar refractivity (Wildman–Crippen MR) is 89.7 cm³/mol. The van der Waals surface area contributed by atoms with Crippen molar-refractivity contribution in [3.05, 3.63) is 0 Å². The van der Waals surface area contributed by atoms with E-state index in [1.54, 1.807) is 0 Å². The fraction of sp³-hybridized carbons (Fsp3) is 1.00. The van der Waals surface area contributed by atoms with E-state index in [2.05, 4.69) is 51.8 Å².